The zero-order valence-corrected chi connectivity index (χ0v) is 14.8. The van der Waals surface area contributed by atoms with Crippen LogP contribution in [0, 0.1) is 0 Å². The van der Waals surface area contributed by atoms with Crippen LogP contribution in [-0.4, -0.2) is 83.7 Å². The van der Waals surface area contributed by atoms with E-state index in [0.717, 1.165) is 18.7 Å². The van der Waals surface area contributed by atoms with Gasteiger partial charge in [-0.2, -0.15) is 0 Å². The second-order valence-corrected chi connectivity index (χ2v) is 6.72. The fourth-order valence-electron chi connectivity index (χ4n) is 3.49. The van der Waals surface area contributed by atoms with Crippen LogP contribution in [-0.2, 0) is 4.79 Å². The molecule has 24 heavy (non-hydrogen) atoms. The van der Waals surface area contributed by atoms with E-state index in [0.29, 0.717) is 24.1 Å². The van der Waals surface area contributed by atoms with Crippen LogP contribution in [0.15, 0.2) is 4.99 Å². The molecule has 0 bridgehead atoms. The van der Waals surface area contributed by atoms with Gasteiger partial charge in [-0.3, -0.25) is 4.48 Å². The zero-order chi connectivity index (χ0) is 17.0. The molecule has 1 unspecified atom stereocenters. The molecule has 5 nitrogen and oxygen atoms in total. The summed E-state index contributed by atoms with van der Waals surface area (Å²) in [6.07, 6.45) is 12.3. The molecular formula is C18H35N2NaO3. The van der Waals surface area contributed by atoms with Gasteiger partial charge < -0.3 is 15.0 Å². The van der Waals surface area contributed by atoms with Crippen molar-refractivity contribution in [3.05, 3.63) is 0 Å². The molecule has 0 aromatic rings. The predicted octanol–water partition coefficient (Wildman–Crippen LogP) is 1.23. The van der Waals surface area contributed by atoms with Crippen LogP contribution in [0.2, 0.25) is 0 Å². The third kappa shape index (κ3) is 8.95. The van der Waals surface area contributed by atoms with E-state index in [2.05, 4.69) is 11.9 Å². The van der Waals surface area contributed by atoms with Gasteiger partial charge in [0.05, 0.1) is 19.1 Å². The number of hydrogen-bond donors (Lipinski definition) is 1. The summed E-state index contributed by atoms with van der Waals surface area (Å²) >= 11 is 0. The summed E-state index contributed by atoms with van der Waals surface area (Å²) in [6, 6.07) is 0. The Labute approximate surface area is 169 Å². The number of aliphatic hydroxyl groups is 1. The quantitative estimate of drug-likeness (QED) is 0.291. The number of quaternary nitrogens is 1. The second-order valence-electron chi connectivity index (χ2n) is 6.72. The molecule has 136 valence electrons. The Kier molecular flexibility index (Phi) is 14.3. The molecule has 1 aliphatic rings. The Morgan fingerprint density at radius 1 is 1.12 bits per heavy atom. The Morgan fingerprint density at radius 3 is 2.25 bits per heavy atom. The summed E-state index contributed by atoms with van der Waals surface area (Å²) in [6.45, 7) is 3.95. The van der Waals surface area contributed by atoms with E-state index in [-0.39, 0.29) is 42.7 Å². The topological polar surface area (TPSA) is 72.7 Å². The van der Waals surface area contributed by atoms with Gasteiger partial charge in [0.1, 0.15) is 19.6 Å². The Morgan fingerprint density at radius 2 is 1.71 bits per heavy atom. The van der Waals surface area contributed by atoms with E-state index in [1.165, 1.54) is 51.4 Å². The van der Waals surface area contributed by atoms with E-state index in [9.17, 15) is 15.0 Å². The normalized spacial score (nSPS) is 19.8. The van der Waals surface area contributed by atoms with E-state index in [4.69, 9.17) is 0 Å². The van der Waals surface area contributed by atoms with Gasteiger partial charge in [-0.25, -0.2) is 4.99 Å². The van der Waals surface area contributed by atoms with Crippen LogP contribution >= 0.6 is 0 Å². The van der Waals surface area contributed by atoms with Crippen molar-refractivity contribution in [3.63, 3.8) is 0 Å². The van der Waals surface area contributed by atoms with Crippen molar-refractivity contribution in [1.82, 2.24) is 0 Å². The van der Waals surface area contributed by atoms with Crippen molar-refractivity contribution >= 4 is 41.4 Å². The van der Waals surface area contributed by atoms with Gasteiger partial charge >= 0.3 is 29.6 Å². The molecule has 1 heterocycles. The molecule has 1 atom stereocenters. The number of hydrogen-bond acceptors (Lipinski definition) is 4. The Hall–Kier alpha value is 0.0600. The van der Waals surface area contributed by atoms with Gasteiger partial charge in [0.25, 0.3) is 0 Å². The number of amidine groups is 1. The fraction of sp³-hybridized carbons (Fsp3) is 0.889. The molecule has 1 aliphatic heterocycles. The minimum atomic E-state index is -1.06. The van der Waals surface area contributed by atoms with Crippen molar-refractivity contribution < 1.29 is 19.5 Å². The predicted molar refractivity (Wildman–Crippen MR) is 98.2 cm³/mol. The maximum atomic E-state index is 11.0. The van der Waals surface area contributed by atoms with Gasteiger partial charge in [0, 0.05) is 6.42 Å². The molecule has 0 spiro atoms. The number of nitrogens with zero attached hydrogens (tertiary/aromatic N) is 2. The number of rotatable bonds is 14. The van der Waals surface area contributed by atoms with E-state index >= 15 is 0 Å². The van der Waals surface area contributed by atoms with Crippen molar-refractivity contribution in [3.8, 4) is 0 Å². The first-order valence-corrected chi connectivity index (χ1v) is 9.35. The number of unbranched alkanes of at least 4 members (excludes halogenated alkanes) is 8. The van der Waals surface area contributed by atoms with Gasteiger partial charge in [0.15, 0.2) is 5.84 Å². The first kappa shape index (κ1) is 24.1. The average Bonchev–Trinajstić information content (AvgIpc) is 2.87. The summed E-state index contributed by atoms with van der Waals surface area (Å²) in [4.78, 5) is 15.6. The summed E-state index contributed by atoms with van der Waals surface area (Å²) < 4.78 is 0.301. The second kappa shape index (κ2) is 14.3. The van der Waals surface area contributed by atoms with Gasteiger partial charge in [-0.05, 0) is 6.42 Å². The Balaban J connectivity index is 0.00000529. The summed E-state index contributed by atoms with van der Waals surface area (Å²) in [5, 5.41) is 20.3. The number of aliphatic imine (C=N–C) groups is 1. The zero-order valence-electron chi connectivity index (χ0n) is 14.8. The van der Waals surface area contributed by atoms with Gasteiger partial charge in [0.2, 0.25) is 0 Å². The molecule has 1 N–H and O–H groups in total. The van der Waals surface area contributed by atoms with Crippen molar-refractivity contribution in [1.29, 1.82) is 0 Å². The van der Waals surface area contributed by atoms with Crippen molar-refractivity contribution in [2.45, 2.75) is 71.1 Å². The summed E-state index contributed by atoms with van der Waals surface area (Å²) in [5.41, 5.74) is 0. The SMILES string of the molecule is CCCCCCCCCCCC1=NCC[N+]1(CCO)CC(=O)[O-].[NaH]. The monoisotopic (exact) mass is 350 g/mol. The maximum absolute atomic E-state index is 11.0. The number of carboxylic acids is 1. The van der Waals surface area contributed by atoms with E-state index in [1.807, 2.05) is 0 Å². The van der Waals surface area contributed by atoms with Crippen molar-refractivity contribution in [2.24, 2.45) is 4.99 Å². The molecule has 0 saturated heterocycles. The van der Waals surface area contributed by atoms with Crippen molar-refractivity contribution in [2.75, 3.05) is 32.8 Å². The fourth-order valence-corrected chi connectivity index (χ4v) is 3.49. The molecule has 1 rings (SSSR count). The van der Waals surface area contributed by atoms with Gasteiger partial charge in [-0.1, -0.05) is 58.3 Å². The number of aliphatic hydroxyl groups excluding tert-OH is 1. The number of carbonyl (C=O) groups excluding carboxylic acids is 1. The van der Waals surface area contributed by atoms with Crippen LogP contribution < -0.4 is 5.11 Å². The molecule has 0 aliphatic carbocycles. The molecule has 0 aromatic carbocycles. The van der Waals surface area contributed by atoms with Crippen LogP contribution in [0.5, 0.6) is 0 Å². The first-order valence-electron chi connectivity index (χ1n) is 9.35. The number of carboxylic acid groups (broad SMARTS) is 1. The average molecular weight is 350 g/mol. The minimum absolute atomic E-state index is 0. The van der Waals surface area contributed by atoms with Crippen LogP contribution in [0.1, 0.15) is 71.1 Å². The van der Waals surface area contributed by atoms with Gasteiger partial charge in [-0.15, -0.1) is 0 Å². The molecule has 0 fully saturated rings. The Bertz CT molecular complexity index is 377. The van der Waals surface area contributed by atoms with Crippen LogP contribution in [0.3, 0.4) is 0 Å². The molecule has 0 aromatic heterocycles. The molecule has 0 saturated carbocycles. The van der Waals surface area contributed by atoms with E-state index in [1.54, 1.807) is 0 Å². The molecule has 0 amide bonds. The first-order chi connectivity index (χ1) is 11.1. The molecule has 0 radical (unpaired) electrons. The van der Waals surface area contributed by atoms with E-state index < -0.39 is 5.97 Å². The third-order valence-corrected chi connectivity index (χ3v) is 4.83. The number of carbonyl (C=O) groups is 1. The van der Waals surface area contributed by atoms with Crippen LogP contribution in [0.4, 0.5) is 0 Å². The molecular weight excluding hydrogens is 315 g/mol. The third-order valence-electron chi connectivity index (χ3n) is 4.83. The number of aliphatic carboxylic acids is 1. The van der Waals surface area contributed by atoms with Crippen LogP contribution in [0.25, 0.3) is 0 Å². The summed E-state index contributed by atoms with van der Waals surface area (Å²) in [7, 11) is 0. The summed E-state index contributed by atoms with van der Waals surface area (Å²) in [5.74, 6) is -0.105. The molecule has 6 heteroatoms. The standard InChI is InChI=1S/C18H34N2O3.Na.H/c1-2-3-4-5-6-7-8-9-10-11-17-19-12-13-20(17,14-15-21)16-18(22)23;;/h21H,2-16H2,1H3;;.